The van der Waals surface area contributed by atoms with Crippen molar-refractivity contribution in [2.45, 2.75) is 168 Å². The molecule has 11 atom stereocenters. The Morgan fingerprint density at radius 2 is 1.32 bits per heavy atom. The summed E-state index contributed by atoms with van der Waals surface area (Å²) in [4.78, 5) is 152. The molecule has 1 aromatic rings. The molecule has 10 amide bonds. The molecule has 0 aliphatic carbocycles. The molecule has 1 fully saturated rings. The Bertz CT molecular complexity index is 2360. The van der Waals surface area contributed by atoms with Gasteiger partial charge in [-0.3, -0.25) is 62.5 Å². The van der Waals surface area contributed by atoms with Crippen molar-refractivity contribution in [2.75, 3.05) is 61.5 Å². The van der Waals surface area contributed by atoms with E-state index in [-0.39, 0.29) is 80.8 Å². The number of ether oxygens (including phenoxy) is 2. The van der Waals surface area contributed by atoms with Crippen molar-refractivity contribution in [1.82, 2.24) is 51.5 Å². The zero-order chi connectivity index (χ0) is 61.5. The van der Waals surface area contributed by atoms with E-state index in [4.69, 9.17) is 9.47 Å². The number of hydrogen-bond acceptors (Lipinski definition) is 14. The first kappa shape index (κ1) is 69.5. The molecular weight excluding hydrogens is 1060 g/mol. The van der Waals surface area contributed by atoms with Crippen LogP contribution in [0.4, 0.5) is 0 Å². The molecule has 7 N–H and O–H groups in total. The summed E-state index contributed by atoms with van der Waals surface area (Å²) in [6.45, 7) is 15.0. The van der Waals surface area contributed by atoms with Crippen LogP contribution in [0.25, 0.3) is 0 Å². The molecule has 1 aromatic carbocycles. The maximum absolute atomic E-state index is 14.6. The number of aliphatic carboxylic acids is 1. The van der Waals surface area contributed by atoms with Gasteiger partial charge in [-0.05, 0) is 56.7 Å². The number of carbonyl (C=O) groups excluding carboxylic acids is 10. The number of likely N-dealkylation sites (tertiary alicyclic amines) is 1. The lowest BCUT2D eigenvalue weighted by Crippen LogP contribution is -2.60. The lowest BCUT2D eigenvalue weighted by Gasteiger charge is -2.41. The average molecular weight is 1150 g/mol. The molecule has 458 valence electrons. The number of hydrogen-bond donors (Lipinski definition) is 7. The minimum Gasteiger partial charge on any atom is -0.481 e. The molecule has 0 saturated carbocycles. The smallest absolute Gasteiger partial charge is 0.305 e. The highest BCUT2D eigenvalue weighted by Crippen LogP contribution is 2.30. The van der Waals surface area contributed by atoms with Crippen LogP contribution >= 0.6 is 0 Å². The van der Waals surface area contributed by atoms with Crippen LogP contribution in [0.5, 0.6) is 0 Å². The van der Waals surface area contributed by atoms with Gasteiger partial charge in [0.2, 0.25) is 47.3 Å². The first-order chi connectivity index (χ1) is 38.7. The summed E-state index contributed by atoms with van der Waals surface area (Å²) in [5, 5.41) is 25.7. The summed E-state index contributed by atoms with van der Waals surface area (Å²) >= 11 is 0. The average Bonchev–Trinajstić information content (AvgIpc) is 4.23. The maximum Gasteiger partial charge on any atom is 0.305 e. The Kier molecular flexibility index (Phi) is 28.8. The fourth-order valence-corrected chi connectivity index (χ4v) is 10.7. The van der Waals surface area contributed by atoms with Crippen molar-refractivity contribution in [1.29, 1.82) is 0 Å². The van der Waals surface area contributed by atoms with Crippen LogP contribution < -0.4 is 31.9 Å². The van der Waals surface area contributed by atoms with E-state index in [1.807, 2.05) is 60.5 Å². The number of nitrogens with zero attached hydrogens (tertiary/aromatic N) is 4. The molecule has 24 heteroatoms. The predicted molar refractivity (Wildman–Crippen MR) is 305 cm³/mol. The van der Waals surface area contributed by atoms with Crippen LogP contribution in [0, 0.1) is 23.7 Å². The van der Waals surface area contributed by atoms with Gasteiger partial charge in [0.25, 0.3) is 11.8 Å². The maximum atomic E-state index is 14.6. The Balaban J connectivity index is 1.78. The van der Waals surface area contributed by atoms with E-state index >= 15 is 0 Å². The Hall–Kier alpha value is -6.79. The van der Waals surface area contributed by atoms with Crippen molar-refractivity contribution in [2.24, 2.45) is 23.7 Å². The Labute approximate surface area is 483 Å². The Morgan fingerprint density at radius 1 is 0.720 bits per heavy atom. The van der Waals surface area contributed by atoms with Crippen molar-refractivity contribution in [3.05, 3.63) is 48.0 Å². The number of carbonyl (C=O) groups is 11. The van der Waals surface area contributed by atoms with Crippen molar-refractivity contribution in [3.8, 4) is 0 Å². The van der Waals surface area contributed by atoms with E-state index in [9.17, 15) is 57.8 Å². The first-order valence-corrected chi connectivity index (χ1v) is 28.6. The number of likely N-dealkylation sites (N-methyl/N-ethyl adjacent to an activating group) is 2. The quantitative estimate of drug-likeness (QED) is 0.0371. The summed E-state index contributed by atoms with van der Waals surface area (Å²) in [5.74, 6) is -8.22. The second kappa shape index (κ2) is 34.0. The van der Waals surface area contributed by atoms with Gasteiger partial charge in [-0.1, -0.05) is 98.6 Å². The standard InChI is InChI=1S/C58H92N10O14/c1-14-20-39(55(77)63-41(32-48(73)74)54(76)60-28-27-59-44(69)26-30-68-45(70)24-25-46(68)71)61-56(78)40(31-38-21-17-16-18-22-38)62-53(75)37(8)52(82-13)42-23-19-29-67(42)47(72)33-43(81-12)51(36(7)15-2)66(11)58(80)49(34(3)4)64-57(79)50(35(5)6)65(9)10/h16-18,21-22,24-25,34-37,39-43,49-52H,14-15,19-20,23,26-33H2,1-13H3,(H,59,69)(H,60,76)(H,61,78)(H,62,75)(H,63,77)(H,64,79)(H,73,74)/t36-,37+,39-,40-,41-,42-,43+,49-,50-,51-,52?/m0/s1. The third kappa shape index (κ3) is 20.3. The monoisotopic (exact) mass is 1150 g/mol. The molecule has 82 heavy (non-hydrogen) atoms. The molecule has 24 nitrogen and oxygen atoms in total. The number of carboxylic acid groups (broad SMARTS) is 1. The summed E-state index contributed by atoms with van der Waals surface area (Å²) in [5.41, 5.74) is 0.677. The largest absolute Gasteiger partial charge is 0.481 e. The molecule has 1 unspecified atom stereocenters. The number of rotatable bonds is 35. The highest BCUT2D eigenvalue weighted by Gasteiger charge is 2.44. The third-order valence-electron chi connectivity index (χ3n) is 15.3. The summed E-state index contributed by atoms with van der Waals surface area (Å²) in [7, 11) is 8.27. The number of benzene rings is 1. The summed E-state index contributed by atoms with van der Waals surface area (Å²) in [6, 6.07) is 2.29. The molecule has 2 aliphatic rings. The predicted octanol–water partition coefficient (Wildman–Crippen LogP) is 1.15. The fourth-order valence-electron chi connectivity index (χ4n) is 10.7. The van der Waals surface area contributed by atoms with Gasteiger partial charge < -0.3 is 56.3 Å². The van der Waals surface area contributed by atoms with Gasteiger partial charge in [0.1, 0.15) is 24.2 Å². The van der Waals surface area contributed by atoms with E-state index in [0.717, 1.165) is 17.1 Å². The molecule has 0 bridgehead atoms. The second-order valence-electron chi connectivity index (χ2n) is 22.3. The normalized spacial score (nSPS) is 17.9. The van der Waals surface area contributed by atoms with Crippen molar-refractivity contribution >= 4 is 65.0 Å². The lowest BCUT2D eigenvalue weighted by atomic mass is 9.89. The van der Waals surface area contributed by atoms with Gasteiger partial charge in [0, 0.05) is 72.4 Å². The van der Waals surface area contributed by atoms with E-state index in [0.29, 0.717) is 37.8 Å². The van der Waals surface area contributed by atoms with Crippen molar-refractivity contribution in [3.63, 3.8) is 0 Å². The van der Waals surface area contributed by atoms with Gasteiger partial charge in [-0.25, -0.2) is 0 Å². The SMILES string of the molecule is CCC[C@H](NC(=O)[C@H](Cc1ccccc1)NC(=O)[C@H](C)C(OC)[C@@H]1CCCN1C(=O)C[C@@H](OC)[C@H]([C@@H](C)CC)N(C)C(=O)[C@@H](NC(=O)[C@H](C(C)C)N(C)C)C(C)C)C(=O)N[C@@H](CC(=O)O)C(=O)NCCNC(=O)CCN1C(=O)C=CC1=O. The number of methoxy groups -OCH3 is 2. The minimum atomic E-state index is -1.59. The minimum absolute atomic E-state index is 0.00484. The topological polar surface area (TPSA) is 312 Å². The molecule has 1 saturated heterocycles. The molecule has 2 heterocycles. The fraction of sp³-hybridized carbons (Fsp3) is 0.672. The zero-order valence-electron chi connectivity index (χ0n) is 50.3. The van der Waals surface area contributed by atoms with Crippen LogP contribution in [0.2, 0.25) is 0 Å². The van der Waals surface area contributed by atoms with Crippen LogP contribution in [0.1, 0.15) is 112 Å². The van der Waals surface area contributed by atoms with Gasteiger partial charge in [0.15, 0.2) is 0 Å². The van der Waals surface area contributed by atoms with Crippen LogP contribution in [0.15, 0.2) is 42.5 Å². The van der Waals surface area contributed by atoms with E-state index in [1.165, 1.54) is 14.2 Å². The van der Waals surface area contributed by atoms with Crippen LogP contribution in [0.3, 0.4) is 0 Å². The second-order valence-corrected chi connectivity index (χ2v) is 22.3. The zero-order valence-corrected chi connectivity index (χ0v) is 50.3. The molecular formula is C58H92N10O14. The van der Waals surface area contributed by atoms with Gasteiger partial charge >= 0.3 is 5.97 Å². The number of imide groups is 1. The molecule has 2 aliphatic heterocycles. The van der Waals surface area contributed by atoms with Gasteiger partial charge in [-0.2, -0.15) is 0 Å². The first-order valence-electron chi connectivity index (χ1n) is 28.6. The highest BCUT2D eigenvalue weighted by molar-refractivity contribution is 6.13. The van der Waals surface area contributed by atoms with Crippen LogP contribution in [-0.2, 0) is 68.6 Å². The lowest BCUT2D eigenvalue weighted by molar-refractivity contribution is -0.148. The summed E-state index contributed by atoms with van der Waals surface area (Å²) in [6.07, 6.45) is 1.67. The highest BCUT2D eigenvalue weighted by atomic mass is 16.5. The molecule has 0 aromatic heterocycles. The molecule has 0 spiro atoms. The molecule has 3 rings (SSSR count). The van der Waals surface area contributed by atoms with Gasteiger partial charge in [0.05, 0.1) is 49.1 Å². The number of amides is 10. The molecule has 0 radical (unpaired) electrons. The Morgan fingerprint density at radius 3 is 1.87 bits per heavy atom. The van der Waals surface area contributed by atoms with E-state index < -0.39 is 114 Å². The number of nitrogens with one attached hydrogen (secondary N) is 6. The number of carboxylic acids is 1. The van der Waals surface area contributed by atoms with E-state index in [1.54, 1.807) is 61.0 Å². The summed E-state index contributed by atoms with van der Waals surface area (Å²) < 4.78 is 12.1. The van der Waals surface area contributed by atoms with Crippen LogP contribution in [-0.4, -0.2) is 206 Å². The van der Waals surface area contributed by atoms with Gasteiger partial charge in [-0.15, -0.1) is 0 Å². The van der Waals surface area contributed by atoms with E-state index in [2.05, 4.69) is 31.9 Å². The third-order valence-corrected chi connectivity index (χ3v) is 15.3. The van der Waals surface area contributed by atoms with Crippen molar-refractivity contribution < 1.29 is 67.3 Å².